The molecule has 5 unspecified atom stereocenters. The lowest BCUT2D eigenvalue weighted by atomic mass is 9.93. The van der Waals surface area contributed by atoms with Gasteiger partial charge in [0.05, 0.1) is 21.7 Å². The fourth-order valence-corrected chi connectivity index (χ4v) is 5.57. The zero-order chi connectivity index (χ0) is 28.8. The number of esters is 1. The van der Waals surface area contributed by atoms with Crippen molar-refractivity contribution in [3.05, 3.63) is 59.8 Å². The van der Waals surface area contributed by atoms with Gasteiger partial charge in [0.25, 0.3) is 0 Å². The van der Waals surface area contributed by atoms with Crippen LogP contribution in [-0.4, -0.2) is 78.6 Å². The Balaban J connectivity index is 1.30. The van der Waals surface area contributed by atoms with Gasteiger partial charge in [0.2, 0.25) is 6.29 Å². The Morgan fingerprint density at radius 1 is 0.925 bits per heavy atom. The highest BCUT2D eigenvalue weighted by molar-refractivity contribution is 7.10. The Labute approximate surface area is 231 Å². The van der Waals surface area contributed by atoms with Gasteiger partial charge in [-0.2, -0.15) is 4.37 Å². The van der Waals surface area contributed by atoms with Crippen molar-refractivity contribution in [2.75, 3.05) is 5.32 Å². The minimum absolute atomic E-state index is 0.450. The first-order chi connectivity index (χ1) is 19.0. The summed E-state index contributed by atoms with van der Waals surface area (Å²) in [6.07, 6.45) is -9.41. The third-order valence-electron chi connectivity index (χ3n) is 7.19. The van der Waals surface area contributed by atoms with Crippen LogP contribution >= 0.6 is 11.5 Å². The third kappa shape index (κ3) is 5.05. The lowest BCUT2D eigenvalue weighted by Crippen LogP contribution is -2.60. The van der Waals surface area contributed by atoms with E-state index in [1.54, 1.807) is 19.1 Å². The summed E-state index contributed by atoms with van der Waals surface area (Å²) in [6, 6.07) is 14.8. The number of nitrogens with zero attached hydrogens (tertiary/aromatic N) is 1. The van der Waals surface area contributed by atoms with Crippen LogP contribution in [0.2, 0.25) is 0 Å². The normalized spacial score (nSPS) is 25.1. The number of ether oxygens (including phenoxy) is 2. The number of aliphatic hydroxyl groups is 3. The summed E-state index contributed by atoms with van der Waals surface area (Å²) in [4.78, 5) is 36.3. The molecular formula is C27H26N2O10S. The molecule has 0 radical (unpaired) electrons. The molecule has 40 heavy (non-hydrogen) atoms. The van der Waals surface area contributed by atoms with Gasteiger partial charge >= 0.3 is 18.0 Å². The number of aliphatic hydroxyl groups excluding tert-OH is 3. The molecule has 210 valence electrons. The van der Waals surface area contributed by atoms with Crippen LogP contribution in [0.4, 0.5) is 10.5 Å². The van der Waals surface area contributed by atoms with E-state index in [-0.39, 0.29) is 0 Å². The van der Waals surface area contributed by atoms with Gasteiger partial charge in [0, 0.05) is 0 Å². The average molecular weight is 571 g/mol. The Bertz CT molecular complexity index is 1430. The van der Waals surface area contributed by atoms with Crippen LogP contribution in [-0.2, 0) is 24.5 Å². The standard InChI is InChI=1S/C27H26N2O10S/c1-12-17(28-26(36)37)22(40-29-12)15-4-2-13(3-5-15)14-6-8-16(9-7-14)27(10-11-27)25(35)39-24-20(32)18(30)19(31)21(38-24)23(33)34/h2-9,18-21,24,28,30-32H,10-11H2,1H3,(H,33,34)(H,36,37). The summed E-state index contributed by atoms with van der Waals surface area (Å²) in [5.41, 5.74) is 3.29. The first kappa shape index (κ1) is 27.7. The number of nitrogens with one attached hydrogen (secondary N) is 1. The number of rotatable bonds is 7. The van der Waals surface area contributed by atoms with Crippen LogP contribution in [0.15, 0.2) is 48.5 Å². The van der Waals surface area contributed by atoms with Crippen molar-refractivity contribution in [3.8, 4) is 21.6 Å². The van der Waals surface area contributed by atoms with E-state index in [0.717, 1.165) is 16.7 Å². The van der Waals surface area contributed by atoms with Gasteiger partial charge in [0.15, 0.2) is 6.10 Å². The molecule has 0 spiro atoms. The maximum absolute atomic E-state index is 13.1. The first-order valence-corrected chi connectivity index (χ1v) is 13.1. The highest BCUT2D eigenvalue weighted by Crippen LogP contribution is 2.50. The van der Waals surface area contributed by atoms with Crippen LogP contribution in [0.3, 0.4) is 0 Å². The summed E-state index contributed by atoms with van der Waals surface area (Å²) in [5, 5.41) is 50.7. The van der Waals surface area contributed by atoms with Crippen molar-refractivity contribution in [2.24, 2.45) is 0 Å². The molecule has 1 aromatic heterocycles. The van der Waals surface area contributed by atoms with Crippen LogP contribution in [0.1, 0.15) is 24.1 Å². The molecule has 13 heteroatoms. The second-order valence-electron chi connectivity index (χ2n) is 9.78. The van der Waals surface area contributed by atoms with E-state index in [1.165, 1.54) is 11.5 Å². The second kappa shape index (κ2) is 10.6. The maximum atomic E-state index is 13.1. The van der Waals surface area contributed by atoms with Crippen LogP contribution in [0.5, 0.6) is 0 Å². The summed E-state index contributed by atoms with van der Waals surface area (Å²) in [7, 11) is 0. The number of anilines is 1. The molecule has 12 nitrogen and oxygen atoms in total. The number of aryl methyl sites for hydroxylation is 1. The summed E-state index contributed by atoms with van der Waals surface area (Å²) >= 11 is 1.20. The van der Waals surface area contributed by atoms with Gasteiger partial charge in [-0.05, 0) is 53.6 Å². The van der Waals surface area contributed by atoms with Crippen molar-refractivity contribution >= 4 is 35.3 Å². The zero-order valence-electron chi connectivity index (χ0n) is 21.1. The van der Waals surface area contributed by atoms with E-state index >= 15 is 0 Å². The molecule has 1 aliphatic carbocycles. The molecule has 2 heterocycles. The predicted molar refractivity (Wildman–Crippen MR) is 141 cm³/mol. The Morgan fingerprint density at radius 2 is 1.50 bits per heavy atom. The molecule has 2 aliphatic rings. The smallest absolute Gasteiger partial charge is 0.409 e. The van der Waals surface area contributed by atoms with E-state index in [4.69, 9.17) is 14.6 Å². The molecule has 1 saturated heterocycles. The van der Waals surface area contributed by atoms with E-state index in [9.17, 15) is 34.8 Å². The number of carboxylic acid groups (broad SMARTS) is 2. The van der Waals surface area contributed by atoms with Crippen LogP contribution < -0.4 is 5.32 Å². The quantitative estimate of drug-likeness (QED) is 0.228. The van der Waals surface area contributed by atoms with Gasteiger partial charge < -0.3 is 35.0 Å². The lowest BCUT2D eigenvalue weighted by molar-refractivity contribution is -0.287. The Hall–Kier alpha value is -3.88. The molecule has 5 rings (SSSR count). The fraction of sp³-hybridized carbons (Fsp3) is 0.333. The number of benzene rings is 2. The highest BCUT2D eigenvalue weighted by Gasteiger charge is 2.56. The zero-order valence-corrected chi connectivity index (χ0v) is 21.9. The van der Waals surface area contributed by atoms with Gasteiger partial charge in [-0.3, -0.25) is 10.1 Å². The molecule has 2 fully saturated rings. The number of hydrogen-bond acceptors (Lipinski definition) is 10. The molecule has 1 amide bonds. The highest BCUT2D eigenvalue weighted by atomic mass is 32.1. The fourth-order valence-electron chi connectivity index (χ4n) is 4.72. The van der Waals surface area contributed by atoms with Gasteiger partial charge in [-0.15, -0.1) is 0 Å². The molecule has 0 bridgehead atoms. The van der Waals surface area contributed by atoms with Crippen LogP contribution in [0, 0.1) is 6.92 Å². The average Bonchev–Trinajstić information content (AvgIpc) is 3.68. The van der Waals surface area contributed by atoms with Crippen LogP contribution in [0.25, 0.3) is 21.6 Å². The van der Waals surface area contributed by atoms with Crippen molar-refractivity contribution < 1.29 is 49.4 Å². The Morgan fingerprint density at radius 3 is 2.05 bits per heavy atom. The number of carbonyl (C=O) groups excluding carboxylic acids is 1. The monoisotopic (exact) mass is 570 g/mol. The molecule has 6 N–H and O–H groups in total. The van der Waals surface area contributed by atoms with Gasteiger partial charge in [-0.1, -0.05) is 48.5 Å². The van der Waals surface area contributed by atoms with Crippen molar-refractivity contribution in [2.45, 2.75) is 55.9 Å². The lowest BCUT2D eigenvalue weighted by Gasteiger charge is -2.38. The molecular weight excluding hydrogens is 544 g/mol. The van der Waals surface area contributed by atoms with Gasteiger partial charge in [-0.25, -0.2) is 9.59 Å². The molecule has 1 saturated carbocycles. The van der Waals surface area contributed by atoms with E-state index in [0.29, 0.717) is 34.7 Å². The summed E-state index contributed by atoms with van der Waals surface area (Å²) < 4.78 is 14.6. The SMILES string of the molecule is Cc1nsc(-c2ccc(-c3ccc(C4(C(=O)OC5OC(C(=O)O)C(O)C(O)C5O)CC4)cc3)cc2)c1NC(=O)O. The summed E-state index contributed by atoms with van der Waals surface area (Å²) in [6.45, 7) is 1.73. The van der Waals surface area contributed by atoms with E-state index in [2.05, 4.69) is 9.69 Å². The van der Waals surface area contributed by atoms with Gasteiger partial charge in [0.1, 0.15) is 18.3 Å². The number of carboxylic acids is 1. The number of carbonyl (C=O) groups is 3. The molecule has 2 aromatic carbocycles. The van der Waals surface area contributed by atoms with Crippen molar-refractivity contribution in [1.29, 1.82) is 0 Å². The van der Waals surface area contributed by atoms with Crippen molar-refractivity contribution in [1.82, 2.24) is 4.37 Å². The number of amides is 1. The molecule has 1 aliphatic heterocycles. The minimum atomic E-state index is -1.88. The third-order valence-corrected chi connectivity index (χ3v) is 8.18. The second-order valence-corrected chi connectivity index (χ2v) is 10.6. The van der Waals surface area contributed by atoms with E-state index < -0.39 is 54.2 Å². The predicted octanol–water partition coefficient (Wildman–Crippen LogP) is 2.34. The molecule has 5 atom stereocenters. The minimum Gasteiger partial charge on any atom is -0.479 e. The largest absolute Gasteiger partial charge is 0.479 e. The topological polar surface area (TPSA) is 196 Å². The number of hydrogen-bond donors (Lipinski definition) is 6. The summed E-state index contributed by atoms with van der Waals surface area (Å²) in [5.74, 6) is -2.30. The first-order valence-electron chi connectivity index (χ1n) is 12.3. The molecule has 3 aromatic rings. The van der Waals surface area contributed by atoms with E-state index in [1.807, 2.05) is 36.4 Å². The maximum Gasteiger partial charge on any atom is 0.409 e. The van der Waals surface area contributed by atoms with Crippen molar-refractivity contribution in [3.63, 3.8) is 0 Å². The number of aliphatic carboxylic acids is 1. The Kier molecular flexibility index (Phi) is 7.33. The number of aromatic nitrogens is 1.